The van der Waals surface area contributed by atoms with Crippen LogP contribution in [0.25, 0.3) is 11.0 Å². The van der Waals surface area contributed by atoms with Crippen molar-refractivity contribution in [1.82, 2.24) is 19.9 Å². The minimum Gasteiger partial charge on any atom is -0.478 e. The Labute approximate surface area is 115 Å². The molecule has 1 aliphatic rings. The first-order valence-corrected chi connectivity index (χ1v) is 6.61. The summed E-state index contributed by atoms with van der Waals surface area (Å²) in [5, 5.41) is 17.2. The third kappa shape index (κ3) is 2.63. The third-order valence-electron chi connectivity index (χ3n) is 3.49. The van der Waals surface area contributed by atoms with Gasteiger partial charge in [-0.1, -0.05) is 5.21 Å². The van der Waals surface area contributed by atoms with Crippen LogP contribution in [0.4, 0.5) is 0 Å². The van der Waals surface area contributed by atoms with Gasteiger partial charge >= 0.3 is 5.97 Å². The lowest BCUT2D eigenvalue weighted by Gasteiger charge is -2.26. The molecular weight excluding hydrogens is 260 g/mol. The van der Waals surface area contributed by atoms with Gasteiger partial charge in [-0.2, -0.15) is 0 Å². The molecule has 1 aromatic carbocycles. The summed E-state index contributed by atoms with van der Waals surface area (Å²) in [5.41, 5.74) is 1.74. The second-order valence-corrected chi connectivity index (χ2v) is 4.78. The molecule has 1 aliphatic heterocycles. The number of carbonyl (C=O) groups is 1. The Hall–Kier alpha value is -1.99. The maximum absolute atomic E-state index is 11.0. The van der Waals surface area contributed by atoms with Crippen molar-refractivity contribution in [3.63, 3.8) is 0 Å². The summed E-state index contributed by atoms with van der Waals surface area (Å²) in [5.74, 6) is -0.937. The zero-order valence-corrected chi connectivity index (χ0v) is 11.0. The fourth-order valence-corrected chi connectivity index (χ4v) is 2.32. The van der Waals surface area contributed by atoms with Gasteiger partial charge in [-0.25, -0.2) is 9.48 Å². The van der Waals surface area contributed by atoms with E-state index >= 15 is 0 Å². The molecule has 0 unspecified atom stereocenters. The van der Waals surface area contributed by atoms with Gasteiger partial charge in [-0.15, -0.1) is 5.10 Å². The van der Waals surface area contributed by atoms with E-state index in [2.05, 4.69) is 15.2 Å². The first-order chi connectivity index (χ1) is 9.74. The third-order valence-corrected chi connectivity index (χ3v) is 3.49. The van der Waals surface area contributed by atoms with Crippen LogP contribution in [-0.2, 0) is 11.3 Å². The second kappa shape index (κ2) is 5.56. The molecule has 7 heteroatoms. The Balaban J connectivity index is 1.76. The minimum absolute atomic E-state index is 0.257. The number of aromatic nitrogens is 3. The summed E-state index contributed by atoms with van der Waals surface area (Å²) in [7, 11) is 0. The molecule has 0 bridgehead atoms. The molecule has 0 amide bonds. The van der Waals surface area contributed by atoms with E-state index < -0.39 is 5.97 Å². The number of carboxylic acid groups (broad SMARTS) is 1. The van der Waals surface area contributed by atoms with E-state index in [1.807, 2.05) is 0 Å². The number of benzene rings is 1. The number of fused-ring (bicyclic) bond motifs is 1. The van der Waals surface area contributed by atoms with Gasteiger partial charge < -0.3 is 9.84 Å². The lowest BCUT2D eigenvalue weighted by molar-refractivity contribution is 0.0360. The van der Waals surface area contributed by atoms with E-state index in [1.54, 1.807) is 22.9 Å². The standard InChI is InChI=1S/C13H16N4O3/c18-13(19)10-1-2-11-12(9-10)17(15-14-11)4-3-16-5-7-20-8-6-16/h1-2,9H,3-8H2,(H,18,19). The number of nitrogens with zero attached hydrogens (tertiary/aromatic N) is 4. The van der Waals surface area contributed by atoms with Crippen molar-refractivity contribution >= 4 is 17.0 Å². The summed E-state index contributed by atoms with van der Waals surface area (Å²) < 4.78 is 7.07. The monoisotopic (exact) mass is 276 g/mol. The Morgan fingerprint density at radius 1 is 1.30 bits per heavy atom. The molecule has 20 heavy (non-hydrogen) atoms. The van der Waals surface area contributed by atoms with E-state index in [1.165, 1.54) is 0 Å². The Kier molecular flexibility index (Phi) is 3.62. The van der Waals surface area contributed by atoms with Crippen molar-refractivity contribution in [1.29, 1.82) is 0 Å². The van der Waals surface area contributed by atoms with Gasteiger partial charge in [-0.05, 0) is 18.2 Å². The second-order valence-electron chi connectivity index (χ2n) is 4.78. The van der Waals surface area contributed by atoms with E-state index in [9.17, 15) is 4.79 Å². The number of hydrogen-bond acceptors (Lipinski definition) is 5. The van der Waals surface area contributed by atoms with Crippen LogP contribution in [0.2, 0.25) is 0 Å². The molecule has 0 aliphatic carbocycles. The summed E-state index contributed by atoms with van der Waals surface area (Å²) in [6.45, 7) is 4.93. The lowest BCUT2D eigenvalue weighted by Crippen LogP contribution is -2.38. The van der Waals surface area contributed by atoms with Gasteiger partial charge in [0.05, 0.1) is 30.8 Å². The minimum atomic E-state index is -0.937. The van der Waals surface area contributed by atoms with Crippen LogP contribution in [0.5, 0.6) is 0 Å². The Morgan fingerprint density at radius 2 is 2.10 bits per heavy atom. The predicted molar refractivity (Wildman–Crippen MR) is 71.7 cm³/mol. The number of rotatable bonds is 4. The Bertz CT molecular complexity index is 619. The van der Waals surface area contributed by atoms with Crippen LogP contribution < -0.4 is 0 Å². The average Bonchev–Trinajstić information content (AvgIpc) is 2.88. The van der Waals surface area contributed by atoms with Gasteiger partial charge in [0.25, 0.3) is 0 Å². The molecular formula is C13H16N4O3. The van der Waals surface area contributed by atoms with Gasteiger partial charge in [0.2, 0.25) is 0 Å². The van der Waals surface area contributed by atoms with Crippen molar-refractivity contribution < 1.29 is 14.6 Å². The van der Waals surface area contributed by atoms with E-state index in [0.29, 0.717) is 6.54 Å². The summed E-state index contributed by atoms with van der Waals surface area (Å²) in [6, 6.07) is 4.86. The van der Waals surface area contributed by atoms with Crippen LogP contribution in [0, 0.1) is 0 Å². The maximum atomic E-state index is 11.0. The molecule has 0 saturated carbocycles. The molecule has 1 saturated heterocycles. The SMILES string of the molecule is O=C(O)c1ccc2nnn(CCN3CCOCC3)c2c1. The summed E-state index contributed by atoms with van der Waals surface area (Å²) in [6.07, 6.45) is 0. The molecule has 1 N–H and O–H groups in total. The van der Waals surface area contributed by atoms with Crippen LogP contribution in [0.1, 0.15) is 10.4 Å². The zero-order valence-electron chi connectivity index (χ0n) is 11.0. The molecule has 2 aromatic rings. The fourth-order valence-electron chi connectivity index (χ4n) is 2.32. The quantitative estimate of drug-likeness (QED) is 0.874. The highest BCUT2D eigenvalue weighted by atomic mass is 16.5. The normalized spacial score (nSPS) is 16.6. The molecule has 0 spiro atoms. The number of aromatic carboxylic acids is 1. The number of morpholine rings is 1. The first kappa shape index (κ1) is 13.0. The van der Waals surface area contributed by atoms with Crippen molar-refractivity contribution in [2.24, 2.45) is 0 Å². The molecule has 2 heterocycles. The Morgan fingerprint density at radius 3 is 2.85 bits per heavy atom. The maximum Gasteiger partial charge on any atom is 0.335 e. The van der Waals surface area contributed by atoms with Gasteiger partial charge in [0.1, 0.15) is 5.52 Å². The molecule has 1 fully saturated rings. The molecule has 7 nitrogen and oxygen atoms in total. The van der Waals surface area contributed by atoms with Gasteiger partial charge in [-0.3, -0.25) is 4.90 Å². The van der Waals surface area contributed by atoms with Crippen molar-refractivity contribution in [3.8, 4) is 0 Å². The fraction of sp³-hybridized carbons (Fsp3) is 0.462. The van der Waals surface area contributed by atoms with Crippen LogP contribution in [0.3, 0.4) is 0 Å². The van der Waals surface area contributed by atoms with Crippen LogP contribution >= 0.6 is 0 Å². The van der Waals surface area contributed by atoms with Crippen LogP contribution in [-0.4, -0.2) is 63.8 Å². The van der Waals surface area contributed by atoms with Crippen molar-refractivity contribution in [3.05, 3.63) is 23.8 Å². The smallest absolute Gasteiger partial charge is 0.335 e. The summed E-state index contributed by atoms with van der Waals surface area (Å²) >= 11 is 0. The van der Waals surface area contributed by atoms with E-state index in [-0.39, 0.29) is 5.56 Å². The van der Waals surface area contributed by atoms with E-state index in [0.717, 1.165) is 43.9 Å². The largest absolute Gasteiger partial charge is 0.478 e. The highest BCUT2D eigenvalue weighted by Crippen LogP contribution is 2.14. The van der Waals surface area contributed by atoms with Crippen LogP contribution in [0.15, 0.2) is 18.2 Å². The molecule has 0 atom stereocenters. The molecule has 3 rings (SSSR count). The average molecular weight is 276 g/mol. The number of hydrogen-bond donors (Lipinski definition) is 1. The zero-order chi connectivity index (χ0) is 13.9. The van der Waals surface area contributed by atoms with Gasteiger partial charge in [0, 0.05) is 19.6 Å². The van der Waals surface area contributed by atoms with Crippen molar-refractivity contribution in [2.75, 3.05) is 32.8 Å². The highest BCUT2D eigenvalue weighted by molar-refractivity contribution is 5.92. The summed E-state index contributed by atoms with van der Waals surface area (Å²) in [4.78, 5) is 13.3. The topological polar surface area (TPSA) is 80.5 Å². The van der Waals surface area contributed by atoms with Crippen molar-refractivity contribution in [2.45, 2.75) is 6.54 Å². The molecule has 1 aromatic heterocycles. The molecule has 106 valence electrons. The van der Waals surface area contributed by atoms with E-state index in [4.69, 9.17) is 9.84 Å². The number of ether oxygens (including phenoxy) is 1. The first-order valence-electron chi connectivity index (χ1n) is 6.61. The predicted octanol–water partition coefficient (Wildman–Crippen LogP) is 0.462. The molecule has 0 radical (unpaired) electrons. The number of carboxylic acids is 1. The van der Waals surface area contributed by atoms with Gasteiger partial charge in [0.15, 0.2) is 0 Å². The lowest BCUT2D eigenvalue weighted by atomic mass is 10.2. The highest BCUT2D eigenvalue weighted by Gasteiger charge is 2.12.